The van der Waals surface area contributed by atoms with E-state index in [1.54, 1.807) is 13.0 Å². The van der Waals surface area contributed by atoms with Crippen LogP contribution < -0.4 is 4.74 Å². The molecule has 5 nitrogen and oxygen atoms in total. The molecule has 4 rings (SSSR count). The SMILES string of the molecule is CCOC(=O)C1=C(O)/C(=C/c2ccc(OCc3ccc(Br)cc3)c(Br)c2)SC1=Nc1ccccc1. The molecule has 3 aromatic carbocycles. The van der Waals surface area contributed by atoms with Crippen LogP contribution in [0.15, 0.2) is 103 Å². The van der Waals surface area contributed by atoms with E-state index in [1.165, 1.54) is 11.8 Å². The van der Waals surface area contributed by atoms with Gasteiger partial charge in [0.05, 0.1) is 21.7 Å². The van der Waals surface area contributed by atoms with Gasteiger partial charge in [0.15, 0.2) is 0 Å². The smallest absolute Gasteiger partial charge is 0.344 e. The summed E-state index contributed by atoms with van der Waals surface area (Å²) in [7, 11) is 0. The largest absolute Gasteiger partial charge is 0.506 e. The molecule has 0 radical (unpaired) electrons. The van der Waals surface area contributed by atoms with E-state index >= 15 is 0 Å². The quantitative estimate of drug-likeness (QED) is 0.273. The van der Waals surface area contributed by atoms with Crippen LogP contribution >= 0.6 is 43.6 Å². The van der Waals surface area contributed by atoms with Crippen LogP contribution in [0, 0.1) is 0 Å². The number of aliphatic hydroxyl groups excluding tert-OH is 1. The van der Waals surface area contributed by atoms with E-state index in [-0.39, 0.29) is 17.9 Å². The van der Waals surface area contributed by atoms with Crippen LogP contribution in [0.2, 0.25) is 0 Å². The van der Waals surface area contributed by atoms with Gasteiger partial charge in [-0.1, -0.05) is 64.1 Å². The Labute approximate surface area is 224 Å². The highest BCUT2D eigenvalue weighted by molar-refractivity contribution is 9.10. The highest BCUT2D eigenvalue weighted by Gasteiger charge is 2.33. The Bertz CT molecular complexity index is 1320. The lowest BCUT2D eigenvalue weighted by molar-refractivity contribution is -0.138. The van der Waals surface area contributed by atoms with Crippen LogP contribution in [0.1, 0.15) is 18.1 Å². The minimum Gasteiger partial charge on any atom is -0.506 e. The highest BCUT2D eigenvalue weighted by atomic mass is 79.9. The highest BCUT2D eigenvalue weighted by Crippen LogP contribution is 2.40. The summed E-state index contributed by atoms with van der Waals surface area (Å²) < 4.78 is 12.9. The van der Waals surface area contributed by atoms with Gasteiger partial charge in [-0.05, 0) is 76.5 Å². The average molecular weight is 615 g/mol. The van der Waals surface area contributed by atoms with Crippen molar-refractivity contribution in [2.45, 2.75) is 13.5 Å². The number of aliphatic hydroxyl groups is 1. The van der Waals surface area contributed by atoms with E-state index in [1.807, 2.05) is 72.8 Å². The molecular weight excluding hydrogens is 594 g/mol. The van der Waals surface area contributed by atoms with E-state index < -0.39 is 5.97 Å². The number of halogens is 2. The van der Waals surface area contributed by atoms with Gasteiger partial charge >= 0.3 is 5.97 Å². The summed E-state index contributed by atoms with van der Waals surface area (Å²) >= 11 is 8.22. The van der Waals surface area contributed by atoms with Crippen molar-refractivity contribution in [3.05, 3.63) is 109 Å². The number of aliphatic imine (C=N–C) groups is 1. The molecule has 0 bridgehead atoms. The lowest BCUT2D eigenvalue weighted by atomic mass is 10.1. The number of benzene rings is 3. The van der Waals surface area contributed by atoms with Gasteiger partial charge in [0.1, 0.15) is 28.7 Å². The maximum atomic E-state index is 12.6. The summed E-state index contributed by atoms with van der Waals surface area (Å²) in [6, 6.07) is 22.9. The molecule has 178 valence electrons. The molecule has 0 aliphatic carbocycles. The zero-order valence-electron chi connectivity index (χ0n) is 18.7. The summed E-state index contributed by atoms with van der Waals surface area (Å²) in [4.78, 5) is 17.6. The Hall–Kier alpha value is -2.81. The number of carbonyl (C=O) groups excluding carboxylic acids is 1. The summed E-state index contributed by atoms with van der Waals surface area (Å²) in [6.45, 7) is 2.36. The van der Waals surface area contributed by atoms with Crippen LogP contribution in [0.5, 0.6) is 5.75 Å². The second kappa shape index (κ2) is 11.7. The number of hydrogen-bond donors (Lipinski definition) is 1. The Morgan fingerprint density at radius 1 is 1.06 bits per heavy atom. The van der Waals surface area contributed by atoms with Crippen molar-refractivity contribution < 1.29 is 19.4 Å². The summed E-state index contributed by atoms with van der Waals surface area (Å²) in [5.74, 6) is -0.0456. The van der Waals surface area contributed by atoms with Gasteiger partial charge in [-0.15, -0.1) is 0 Å². The molecule has 3 aromatic rings. The van der Waals surface area contributed by atoms with E-state index in [9.17, 15) is 9.90 Å². The third-order valence-electron chi connectivity index (χ3n) is 4.92. The third-order valence-corrected chi connectivity index (χ3v) is 7.09. The molecule has 1 aliphatic heterocycles. The molecule has 0 saturated heterocycles. The molecular formula is C27H21Br2NO4S. The molecule has 8 heteroatoms. The van der Waals surface area contributed by atoms with Gasteiger partial charge < -0.3 is 14.6 Å². The van der Waals surface area contributed by atoms with Crippen molar-refractivity contribution in [2.24, 2.45) is 4.99 Å². The van der Waals surface area contributed by atoms with E-state index in [4.69, 9.17) is 9.47 Å². The second-order valence-electron chi connectivity index (χ2n) is 7.41. The molecule has 0 atom stereocenters. The molecule has 35 heavy (non-hydrogen) atoms. The van der Waals surface area contributed by atoms with Crippen molar-refractivity contribution in [1.82, 2.24) is 0 Å². The molecule has 0 saturated carbocycles. The number of carbonyl (C=O) groups is 1. The fourth-order valence-corrected chi connectivity index (χ4v) is 5.04. The van der Waals surface area contributed by atoms with E-state index in [2.05, 4.69) is 36.9 Å². The van der Waals surface area contributed by atoms with Gasteiger partial charge in [-0.2, -0.15) is 0 Å². The normalized spacial score (nSPS) is 15.6. The lowest BCUT2D eigenvalue weighted by Crippen LogP contribution is -2.12. The number of ether oxygens (including phenoxy) is 2. The average Bonchev–Trinajstić information content (AvgIpc) is 3.14. The molecule has 0 spiro atoms. The molecule has 0 aromatic heterocycles. The van der Waals surface area contributed by atoms with Crippen molar-refractivity contribution >= 4 is 66.4 Å². The Morgan fingerprint density at radius 2 is 1.80 bits per heavy atom. The van der Waals surface area contributed by atoms with Gasteiger partial charge in [-0.3, -0.25) is 0 Å². The van der Waals surface area contributed by atoms with Crippen molar-refractivity contribution in [1.29, 1.82) is 0 Å². The van der Waals surface area contributed by atoms with Crippen LogP contribution in [0.25, 0.3) is 6.08 Å². The summed E-state index contributed by atoms with van der Waals surface area (Å²) in [5, 5.41) is 11.3. The zero-order valence-corrected chi connectivity index (χ0v) is 22.7. The maximum Gasteiger partial charge on any atom is 0.344 e. The van der Waals surface area contributed by atoms with Crippen LogP contribution in [0.4, 0.5) is 5.69 Å². The van der Waals surface area contributed by atoms with Crippen molar-refractivity contribution in [3.63, 3.8) is 0 Å². The number of rotatable bonds is 7. The van der Waals surface area contributed by atoms with Crippen LogP contribution in [0.3, 0.4) is 0 Å². The number of nitrogens with zero attached hydrogens (tertiary/aromatic N) is 1. The summed E-state index contributed by atoms with van der Waals surface area (Å²) in [6.07, 6.45) is 1.80. The van der Waals surface area contributed by atoms with E-state index in [0.29, 0.717) is 28.0 Å². The standard InChI is InChI=1S/C27H21Br2NO4S/c1-2-33-27(32)24-25(31)23(35-26(24)30-20-6-4-3-5-7-20)15-18-10-13-22(21(29)14-18)34-16-17-8-11-19(28)12-9-17/h3-15,31H,2,16H2,1H3/b23-15-,30-26?. The monoisotopic (exact) mass is 613 g/mol. The molecule has 1 N–H and O–H groups in total. The predicted molar refractivity (Wildman–Crippen MR) is 148 cm³/mol. The second-order valence-corrected chi connectivity index (χ2v) is 10.2. The first-order valence-corrected chi connectivity index (χ1v) is 13.2. The molecule has 0 unspecified atom stereocenters. The first-order valence-electron chi connectivity index (χ1n) is 10.8. The fraction of sp³-hybridized carbons (Fsp3) is 0.111. The minimum atomic E-state index is -0.603. The molecule has 1 aliphatic rings. The molecule has 0 amide bonds. The Balaban J connectivity index is 1.58. The Kier molecular flexibility index (Phi) is 8.49. The van der Waals surface area contributed by atoms with Crippen molar-refractivity contribution in [3.8, 4) is 5.75 Å². The van der Waals surface area contributed by atoms with Crippen LogP contribution in [-0.2, 0) is 16.1 Å². The zero-order chi connectivity index (χ0) is 24.8. The fourth-order valence-electron chi connectivity index (χ4n) is 3.23. The van der Waals surface area contributed by atoms with Gasteiger partial charge in [0.2, 0.25) is 0 Å². The van der Waals surface area contributed by atoms with Gasteiger partial charge in [0.25, 0.3) is 0 Å². The number of thioether (sulfide) groups is 1. The first-order chi connectivity index (χ1) is 16.9. The summed E-state index contributed by atoms with van der Waals surface area (Å²) in [5.41, 5.74) is 2.63. The van der Waals surface area contributed by atoms with Gasteiger partial charge in [0, 0.05) is 4.47 Å². The van der Waals surface area contributed by atoms with Crippen LogP contribution in [-0.4, -0.2) is 22.7 Å². The lowest BCUT2D eigenvalue weighted by Gasteiger charge is -2.09. The van der Waals surface area contributed by atoms with Gasteiger partial charge in [-0.25, -0.2) is 9.79 Å². The minimum absolute atomic E-state index is 0.0699. The number of hydrogen-bond acceptors (Lipinski definition) is 6. The maximum absolute atomic E-state index is 12.6. The molecule has 0 fully saturated rings. The Morgan fingerprint density at radius 3 is 2.49 bits per heavy atom. The first kappa shape index (κ1) is 25.3. The molecule has 1 heterocycles. The number of esters is 1. The number of para-hydroxylation sites is 1. The van der Waals surface area contributed by atoms with Crippen molar-refractivity contribution in [2.75, 3.05) is 6.61 Å². The predicted octanol–water partition coefficient (Wildman–Crippen LogP) is 7.98. The topological polar surface area (TPSA) is 68.1 Å². The third kappa shape index (κ3) is 6.45. The van der Waals surface area contributed by atoms with E-state index in [0.717, 1.165) is 20.1 Å².